The summed E-state index contributed by atoms with van der Waals surface area (Å²) in [5.74, 6) is -0.134. The van der Waals surface area contributed by atoms with Crippen molar-refractivity contribution in [1.29, 1.82) is 0 Å². The Bertz CT molecular complexity index is 822. The fourth-order valence-electron chi connectivity index (χ4n) is 2.02. The van der Waals surface area contributed by atoms with Crippen molar-refractivity contribution in [3.8, 4) is 0 Å². The molecule has 0 fully saturated rings. The van der Waals surface area contributed by atoms with Crippen LogP contribution in [-0.2, 0) is 0 Å². The largest absolute Gasteiger partial charge is 0.443 e. The average Bonchev–Trinajstić information content (AvgIpc) is 3.00. The number of oxazole rings is 1. The lowest BCUT2D eigenvalue weighted by atomic mass is 10.2. The van der Waals surface area contributed by atoms with Gasteiger partial charge < -0.3 is 9.73 Å². The van der Waals surface area contributed by atoms with Crippen LogP contribution in [0, 0.1) is 0 Å². The van der Waals surface area contributed by atoms with E-state index in [1.165, 1.54) is 6.39 Å². The third-order valence-electron chi connectivity index (χ3n) is 3.15. The van der Waals surface area contributed by atoms with Gasteiger partial charge in [-0.05, 0) is 35.9 Å². The van der Waals surface area contributed by atoms with Crippen LogP contribution < -0.4 is 5.32 Å². The van der Waals surface area contributed by atoms with Gasteiger partial charge in [0.15, 0.2) is 12.0 Å². The van der Waals surface area contributed by atoms with E-state index in [0.717, 1.165) is 10.0 Å². The molecule has 0 spiro atoms. The summed E-state index contributed by atoms with van der Waals surface area (Å²) in [5, 5.41) is 2.84. The normalized spacial score (nSPS) is 11.1. The molecule has 1 heterocycles. The number of hydrogen-bond donors (Lipinski definition) is 1. The Kier molecular flexibility index (Phi) is 4.34. The van der Waals surface area contributed by atoms with Crippen LogP contribution in [0.5, 0.6) is 0 Å². The number of halogens is 1. The van der Waals surface area contributed by atoms with Gasteiger partial charge in [0.05, 0.1) is 0 Å². The van der Waals surface area contributed by atoms with Gasteiger partial charge in [0, 0.05) is 16.6 Å². The summed E-state index contributed by atoms with van der Waals surface area (Å²) < 4.78 is 6.19. The zero-order chi connectivity index (χ0) is 15.4. The quantitative estimate of drug-likeness (QED) is 0.767. The number of fused-ring (bicyclic) bond motifs is 1. The summed E-state index contributed by atoms with van der Waals surface area (Å²) in [6, 6.07) is 13.1. The molecule has 110 valence electrons. The number of carbonyl (C=O) groups excluding carboxylic acids is 1. The fraction of sp³-hybridized carbons (Fsp3) is 0.0588. The second-order valence-corrected chi connectivity index (χ2v) is 5.61. The summed E-state index contributed by atoms with van der Waals surface area (Å²) in [6.45, 7) is 0.464. The average molecular weight is 357 g/mol. The minimum atomic E-state index is -0.134. The lowest BCUT2D eigenvalue weighted by molar-refractivity contribution is 0.0958. The zero-order valence-electron chi connectivity index (χ0n) is 11.6. The van der Waals surface area contributed by atoms with Crippen molar-refractivity contribution in [2.45, 2.75) is 0 Å². The second-order valence-electron chi connectivity index (χ2n) is 4.70. The highest BCUT2D eigenvalue weighted by molar-refractivity contribution is 9.10. The molecule has 0 saturated heterocycles. The Balaban J connectivity index is 1.58. The zero-order valence-corrected chi connectivity index (χ0v) is 13.2. The molecule has 0 aliphatic rings. The topological polar surface area (TPSA) is 55.1 Å². The van der Waals surface area contributed by atoms with Crippen LogP contribution in [0.3, 0.4) is 0 Å². The molecule has 1 amide bonds. The van der Waals surface area contributed by atoms with Crippen LogP contribution >= 0.6 is 15.9 Å². The molecular weight excluding hydrogens is 344 g/mol. The lowest BCUT2D eigenvalue weighted by Crippen LogP contribution is -2.23. The molecular formula is C17H13BrN2O2. The van der Waals surface area contributed by atoms with E-state index in [1.54, 1.807) is 18.2 Å². The molecule has 0 atom stereocenters. The minimum absolute atomic E-state index is 0.134. The molecule has 0 unspecified atom stereocenters. The molecule has 3 aromatic rings. The van der Waals surface area contributed by atoms with Crippen molar-refractivity contribution in [2.24, 2.45) is 0 Å². The van der Waals surface area contributed by atoms with Gasteiger partial charge in [-0.1, -0.05) is 40.2 Å². The van der Waals surface area contributed by atoms with Gasteiger partial charge >= 0.3 is 0 Å². The molecule has 0 bridgehead atoms. The van der Waals surface area contributed by atoms with E-state index >= 15 is 0 Å². The maximum Gasteiger partial charge on any atom is 0.251 e. The van der Waals surface area contributed by atoms with Gasteiger partial charge in [-0.25, -0.2) is 4.98 Å². The Morgan fingerprint density at radius 2 is 2.05 bits per heavy atom. The van der Waals surface area contributed by atoms with Crippen LogP contribution in [0.4, 0.5) is 0 Å². The molecule has 3 rings (SSSR count). The highest BCUT2D eigenvalue weighted by Gasteiger charge is 2.06. The number of nitrogens with zero attached hydrogens (tertiary/aromatic N) is 1. The van der Waals surface area contributed by atoms with Crippen molar-refractivity contribution in [3.63, 3.8) is 0 Å². The van der Waals surface area contributed by atoms with Crippen LogP contribution in [0.1, 0.15) is 15.9 Å². The highest BCUT2D eigenvalue weighted by Crippen LogP contribution is 2.14. The summed E-state index contributed by atoms with van der Waals surface area (Å²) in [7, 11) is 0. The van der Waals surface area contributed by atoms with E-state index in [1.807, 2.05) is 36.4 Å². The standard InChI is InChI=1S/C17H13BrN2O2/c18-14-6-3-12(4-7-14)2-1-9-19-17(21)13-5-8-16-15(10-13)20-11-22-16/h1-8,10-11H,9H2,(H,19,21)/b2-1+. The molecule has 0 saturated carbocycles. The molecule has 4 nitrogen and oxygen atoms in total. The Morgan fingerprint density at radius 1 is 1.23 bits per heavy atom. The molecule has 0 radical (unpaired) electrons. The number of amides is 1. The molecule has 2 aromatic carbocycles. The highest BCUT2D eigenvalue weighted by atomic mass is 79.9. The first-order valence-electron chi connectivity index (χ1n) is 6.76. The Morgan fingerprint density at radius 3 is 2.86 bits per heavy atom. The molecule has 0 aliphatic heterocycles. The van der Waals surface area contributed by atoms with Crippen LogP contribution in [0.2, 0.25) is 0 Å². The number of aromatic nitrogens is 1. The number of benzene rings is 2. The molecule has 0 aliphatic carbocycles. The monoisotopic (exact) mass is 356 g/mol. The van der Waals surface area contributed by atoms with Gasteiger partial charge in [-0.3, -0.25) is 4.79 Å². The summed E-state index contributed by atoms with van der Waals surface area (Å²) >= 11 is 3.39. The summed E-state index contributed by atoms with van der Waals surface area (Å²) in [6.07, 6.45) is 5.25. The first kappa shape index (κ1) is 14.5. The predicted molar refractivity (Wildman–Crippen MR) is 89.5 cm³/mol. The van der Waals surface area contributed by atoms with Crippen LogP contribution in [-0.4, -0.2) is 17.4 Å². The number of rotatable bonds is 4. The third-order valence-corrected chi connectivity index (χ3v) is 3.68. The Labute approximate surface area is 136 Å². The van der Waals surface area contributed by atoms with Crippen LogP contribution in [0.25, 0.3) is 17.2 Å². The van der Waals surface area contributed by atoms with E-state index in [9.17, 15) is 4.79 Å². The van der Waals surface area contributed by atoms with E-state index in [4.69, 9.17) is 4.42 Å². The van der Waals surface area contributed by atoms with Crippen LogP contribution in [0.15, 0.2) is 63.8 Å². The smallest absolute Gasteiger partial charge is 0.251 e. The van der Waals surface area contributed by atoms with Gasteiger partial charge in [-0.2, -0.15) is 0 Å². The molecule has 5 heteroatoms. The lowest BCUT2D eigenvalue weighted by Gasteiger charge is -2.02. The predicted octanol–water partition coefficient (Wildman–Crippen LogP) is 4.03. The van der Waals surface area contributed by atoms with E-state index < -0.39 is 0 Å². The first-order valence-corrected chi connectivity index (χ1v) is 7.55. The maximum atomic E-state index is 12.1. The van der Waals surface area contributed by atoms with E-state index in [-0.39, 0.29) is 5.91 Å². The van der Waals surface area contributed by atoms with Crippen molar-refractivity contribution in [1.82, 2.24) is 10.3 Å². The van der Waals surface area contributed by atoms with E-state index in [0.29, 0.717) is 23.2 Å². The van der Waals surface area contributed by atoms with Crippen molar-refractivity contribution in [2.75, 3.05) is 6.54 Å². The molecule has 1 N–H and O–H groups in total. The third kappa shape index (κ3) is 3.43. The molecule has 22 heavy (non-hydrogen) atoms. The Hall–Kier alpha value is -2.40. The maximum absolute atomic E-state index is 12.1. The number of hydrogen-bond acceptors (Lipinski definition) is 3. The first-order chi connectivity index (χ1) is 10.7. The molecule has 1 aromatic heterocycles. The SMILES string of the molecule is O=C(NC/C=C/c1ccc(Br)cc1)c1ccc2ocnc2c1. The van der Waals surface area contributed by atoms with Crippen molar-refractivity contribution < 1.29 is 9.21 Å². The number of nitrogens with one attached hydrogen (secondary N) is 1. The van der Waals surface area contributed by atoms with Gasteiger partial charge in [0.2, 0.25) is 0 Å². The van der Waals surface area contributed by atoms with Gasteiger partial charge in [0.25, 0.3) is 5.91 Å². The van der Waals surface area contributed by atoms with Gasteiger partial charge in [-0.15, -0.1) is 0 Å². The van der Waals surface area contributed by atoms with Crippen molar-refractivity contribution >= 4 is 39.0 Å². The van der Waals surface area contributed by atoms with E-state index in [2.05, 4.69) is 26.2 Å². The minimum Gasteiger partial charge on any atom is -0.443 e. The number of carbonyl (C=O) groups is 1. The van der Waals surface area contributed by atoms with Gasteiger partial charge in [0.1, 0.15) is 5.52 Å². The summed E-state index contributed by atoms with van der Waals surface area (Å²) in [4.78, 5) is 16.1. The van der Waals surface area contributed by atoms with Crippen molar-refractivity contribution in [3.05, 3.63) is 70.5 Å². The fourth-order valence-corrected chi connectivity index (χ4v) is 2.29. The second kappa shape index (κ2) is 6.58. The summed E-state index contributed by atoms with van der Waals surface area (Å²) in [5.41, 5.74) is 3.00.